The number of halogens is 3. The molecule has 1 saturated heterocycles. The summed E-state index contributed by atoms with van der Waals surface area (Å²) in [5.41, 5.74) is -2.10. The van der Waals surface area contributed by atoms with Gasteiger partial charge in [0, 0.05) is 32.2 Å². The van der Waals surface area contributed by atoms with Crippen molar-refractivity contribution < 1.29 is 26.5 Å². The molecule has 14 heteroatoms. The molecular weight excluding hydrogens is 533 g/mol. The first kappa shape index (κ1) is 26.9. The Labute approximate surface area is 214 Å². The van der Waals surface area contributed by atoms with E-state index >= 15 is 0 Å². The van der Waals surface area contributed by atoms with Gasteiger partial charge in [0.2, 0.25) is 10.0 Å². The molecule has 0 unspecified atom stereocenters. The molecule has 4 rings (SSSR count). The minimum Gasteiger partial charge on any atom is -0.345 e. The molecule has 0 spiro atoms. The zero-order valence-corrected chi connectivity index (χ0v) is 21.3. The average Bonchev–Trinajstić information content (AvgIpc) is 2.86. The predicted molar refractivity (Wildman–Crippen MR) is 134 cm³/mol. The number of alkyl halides is 3. The summed E-state index contributed by atoms with van der Waals surface area (Å²) in [5, 5.41) is 11.1. The van der Waals surface area contributed by atoms with Gasteiger partial charge in [-0.25, -0.2) is 8.42 Å². The van der Waals surface area contributed by atoms with Crippen molar-refractivity contribution in [2.75, 3.05) is 31.1 Å². The molecule has 37 heavy (non-hydrogen) atoms. The molecule has 0 bridgehead atoms. The second-order valence-corrected chi connectivity index (χ2v) is 11.5. The van der Waals surface area contributed by atoms with E-state index in [-0.39, 0.29) is 40.9 Å². The fourth-order valence-corrected chi connectivity index (χ4v) is 6.59. The predicted octanol–water partition coefficient (Wildman–Crippen LogP) is 4.44. The van der Waals surface area contributed by atoms with Crippen LogP contribution in [0.1, 0.15) is 30.9 Å². The Balaban J connectivity index is 1.57. The quantitative estimate of drug-likeness (QED) is 0.312. The summed E-state index contributed by atoms with van der Waals surface area (Å²) in [5.74, 6) is 0. The van der Waals surface area contributed by atoms with Gasteiger partial charge in [-0.3, -0.25) is 14.9 Å². The van der Waals surface area contributed by atoms with Crippen molar-refractivity contribution in [2.24, 2.45) is 0 Å². The highest BCUT2D eigenvalue weighted by molar-refractivity contribution is 7.89. The van der Waals surface area contributed by atoms with Crippen LogP contribution in [0.3, 0.4) is 0 Å². The maximum Gasteiger partial charge on any atom is 0.416 e. The van der Waals surface area contributed by atoms with E-state index in [4.69, 9.17) is 0 Å². The number of benzene rings is 2. The summed E-state index contributed by atoms with van der Waals surface area (Å²) in [6.45, 7) is 2.54. The number of hydrogen-bond donors (Lipinski definition) is 0. The van der Waals surface area contributed by atoms with Crippen molar-refractivity contribution in [3.63, 3.8) is 0 Å². The van der Waals surface area contributed by atoms with Crippen LogP contribution in [0.25, 0.3) is 10.1 Å². The topological polar surface area (TPSA) is 114 Å². The lowest BCUT2D eigenvalue weighted by molar-refractivity contribution is -0.383. The maximum atomic E-state index is 13.2. The van der Waals surface area contributed by atoms with E-state index in [1.54, 1.807) is 29.2 Å². The third-order valence-electron chi connectivity index (χ3n) is 6.10. The SMILES string of the molecule is CCCCc1ccc(S(=O)(=O)N2CCN(c3nc(=O)c4cc(C(F)(F)F)cc([N+](=O)[O-])c4s3)CC2)cc1. The molecule has 0 N–H and O–H groups in total. The molecule has 1 aliphatic heterocycles. The lowest BCUT2D eigenvalue weighted by Crippen LogP contribution is -2.49. The second kappa shape index (κ2) is 10.3. The molecule has 198 valence electrons. The van der Waals surface area contributed by atoms with Crippen LogP contribution >= 0.6 is 11.3 Å². The molecule has 1 aromatic heterocycles. The summed E-state index contributed by atoms with van der Waals surface area (Å²) < 4.78 is 66.8. The normalized spacial score (nSPS) is 15.3. The van der Waals surface area contributed by atoms with Gasteiger partial charge < -0.3 is 4.90 Å². The van der Waals surface area contributed by atoms with Crippen LogP contribution < -0.4 is 10.5 Å². The van der Waals surface area contributed by atoms with Gasteiger partial charge in [-0.2, -0.15) is 22.5 Å². The zero-order chi connectivity index (χ0) is 27.0. The number of nitro groups is 1. The number of sulfonamides is 1. The lowest BCUT2D eigenvalue weighted by atomic mass is 10.1. The van der Waals surface area contributed by atoms with E-state index in [0.717, 1.165) is 36.2 Å². The van der Waals surface area contributed by atoms with Gasteiger partial charge in [0.25, 0.3) is 11.2 Å². The van der Waals surface area contributed by atoms with Crippen LogP contribution in [-0.4, -0.2) is 48.8 Å². The van der Waals surface area contributed by atoms with Crippen molar-refractivity contribution in [1.29, 1.82) is 0 Å². The minimum absolute atomic E-state index is 0.0790. The minimum atomic E-state index is -4.87. The Morgan fingerprint density at radius 3 is 2.32 bits per heavy atom. The maximum absolute atomic E-state index is 13.2. The van der Waals surface area contributed by atoms with Gasteiger partial charge in [0.05, 0.1) is 20.8 Å². The molecule has 0 atom stereocenters. The Kier molecular flexibility index (Phi) is 7.53. The molecule has 0 saturated carbocycles. The number of hydrogen-bond acceptors (Lipinski definition) is 8. The first-order chi connectivity index (χ1) is 17.4. The van der Waals surface area contributed by atoms with Crippen molar-refractivity contribution in [3.8, 4) is 0 Å². The summed E-state index contributed by atoms with van der Waals surface area (Å²) in [4.78, 5) is 28.7. The molecule has 1 fully saturated rings. The van der Waals surface area contributed by atoms with Crippen molar-refractivity contribution in [2.45, 2.75) is 37.3 Å². The smallest absolute Gasteiger partial charge is 0.345 e. The first-order valence-corrected chi connectivity index (χ1v) is 13.7. The van der Waals surface area contributed by atoms with Gasteiger partial charge in [0.1, 0.15) is 4.70 Å². The van der Waals surface area contributed by atoms with Crippen LogP contribution in [0.2, 0.25) is 0 Å². The van der Waals surface area contributed by atoms with Crippen molar-refractivity contribution in [1.82, 2.24) is 9.29 Å². The van der Waals surface area contributed by atoms with Crippen LogP contribution in [0.5, 0.6) is 0 Å². The standard InChI is InChI=1S/C23H23F3N4O5S2/c1-2-3-4-15-5-7-17(8-6-15)37(34,35)29-11-9-28(10-12-29)22-27-21(31)18-13-16(23(24,25)26)14-19(30(32)33)20(18)36-22/h5-8,13-14H,2-4,9-12H2,1H3. The van der Waals surface area contributed by atoms with Crippen LogP contribution in [-0.2, 0) is 22.6 Å². The number of nitrogens with zero attached hydrogens (tertiary/aromatic N) is 4. The Morgan fingerprint density at radius 2 is 1.76 bits per heavy atom. The number of piperazine rings is 1. The number of fused-ring (bicyclic) bond motifs is 1. The van der Waals surface area contributed by atoms with E-state index in [1.807, 2.05) is 0 Å². The molecular formula is C23H23F3N4O5S2. The molecule has 0 radical (unpaired) electrons. The van der Waals surface area contributed by atoms with Crippen LogP contribution in [0, 0.1) is 10.1 Å². The zero-order valence-electron chi connectivity index (χ0n) is 19.7. The van der Waals surface area contributed by atoms with Gasteiger partial charge >= 0.3 is 6.18 Å². The number of aromatic nitrogens is 1. The molecule has 2 aromatic carbocycles. The van der Waals surface area contributed by atoms with Crippen molar-refractivity contribution in [3.05, 3.63) is 68.0 Å². The van der Waals surface area contributed by atoms with Crippen molar-refractivity contribution >= 4 is 42.3 Å². The summed E-state index contributed by atoms with van der Waals surface area (Å²) >= 11 is 0.733. The van der Waals surface area contributed by atoms with E-state index in [0.29, 0.717) is 12.1 Å². The van der Waals surface area contributed by atoms with Gasteiger partial charge in [-0.05, 0) is 36.6 Å². The first-order valence-electron chi connectivity index (χ1n) is 11.5. The number of anilines is 1. The molecule has 2 heterocycles. The highest BCUT2D eigenvalue weighted by atomic mass is 32.2. The van der Waals surface area contributed by atoms with E-state index < -0.39 is 43.3 Å². The Hall–Kier alpha value is -3.10. The summed E-state index contributed by atoms with van der Waals surface area (Å²) in [7, 11) is -3.75. The number of aryl methyl sites for hydroxylation is 1. The number of rotatable bonds is 7. The fraction of sp³-hybridized carbons (Fsp3) is 0.391. The van der Waals surface area contributed by atoms with Gasteiger partial charge in [0.15, 0.2) is 5.13 Å². The molecule has 0 aliphatic carbocycles. The number of nitro benzene ring substituents is 1. The van der Waals surface area contributed by atoms with Gasteiger partial charge in [-0.15, -0.1) is 0 Å². The third-order valence-corrected chi connectivity index (χ3v) is 9.18. The van der Waals surface area contributed by atoms with E-state index in [2.05, 4.69) is 11.9 Å². The lowest BCUT2D eigenvalue weighted by Gasteiger charge is -2.34. The Morgan fingerprint density at radius 1 is 1.11 bits per heavy atom. The largest absolute Gasteiger partial charge is 0.416 e. The number of non-ortho nitro benzene ring substituents is 1. The molecule has 1 aliphatic rings. The van der Waals surface area contributed by atoms with E-state index in [1.165, 1.54) is 4.31 Å². The van der Waals surface area contributed by atoms with E-state index in [9.17, 15) is 36.5 Å². The summed E-state index contributed by atoms with van der Waals surface area (Å²) in [6.07, 6.45) is -1.96. The molecule has 3 aromatic rings. The molecule has 0 amide bonds. The third kappa shape index (κ3) is 5.60. The second-order valence-electron chi connectivity index (χ2n) is 8.57. The molecule has 9 nitrogen and oxygen atoms in total. The highest BCUT2D eigenvalue weighted by Gasteiger charge is 2.35. The monoisotopic (exact) mass is 556 g/mol. The Bertz CT molecular complexity index is 1480. The van der Waals surface area contributed by atoms with Crippen LogP contribution in [0.15, 0.2) is 46.1 Å². The van der Waals surface area contributed by atoms with Crippen LogP contribution in [0.4, 0.5) is 24.0 Å². The van der Waals surface area contributed by atoms with Gasteiger partial charge in [-0.1, -0.05) is 36.8 Å². The summed E-state index contributed by atoms with van der Waals surface area (Å²) in [6, 6.07) is 7.73. The average molecular weight is 557 g/mol. The number of unbranched alkanes of at least 4 members (excludes halogenated alkanes) is 1. The highest BCUT2D eigenvalue weighted by Crippen LogP contribution is 2.38. The fourth-order valence-electron chi connectivity index (χ4n) is 4.05.